The molecular formula is C13H15ClN2OS2. The molecule has 0 fully saturated rings. The van der Waals surface area contributed by atoms with Gasteiger partial charge in [-0.1, -0.05) is 35.5 Å². The van der Waals surface area contributed by atoms with E-state index in [-0.39, 0.29) is 0 Å². The number of thioether (sulfide) groups is 1. The standard InChI is InChI=1S/C13H15ClN2OS2/c1-9(10-3-5-11(14)6-4-10)18-13-15-12(16-19-13)7-8-17-2/h3-6,9H,7-8H2,1-2H3. The average Bonchev–Trinajstić information content (AvgIpc) is 2.84. The summed E-state index contributed by atoms with van der Waals surface area (Å²) in [5, 5.41) is 1.10. The molecule has 3 nitrogen and oxygen atoms in total. The summed E-state index contributed by atoms with van der Waals surface area (Å²) >= 11 is 9.05. The van der Waals surface area contributed by atoms with Crippen LogP contribution in [0.3, 0.4) is 0 Å². The average molecular weight is 315 g/mol. The Balaban J connectivity index is 1.96. The molecular weight excluding hydrogens is 300 g/mol. The zero-order chi connectivity index (χ0) is 13.7. The Morgan fingerprint density at radius 2 is 2.11 bits per heavy atom. The molecule has 0 N–H and O–H groups in total. The van der Waals surface area contributed by atoms with Gasteiger partial charge in [0.15, 0.2) is 4.34 Å². The van der Waals surface area contributed by atoms with Crippen LogP contribution in [0.25, 0.3) is 0 Å². The third-order valence-corrected chi connectivity index (χ3v) is 4.83. The van der Waals surface area contributed by atoms with Gasteiger partial charge in [-0.25, -0.2) is 4.98 Å². The monoisotopic (exact) mass is 314 g/mol. The van der Waals surface area contributed by atoms with E-state index in [4.69, 9.17) is 16.3 Å². The van der Waals surface area contributed by atoms with Crippen molar-refractivity contribution in [2.75, 3.05) is 13.7 Å². The smallest absolute Gasteiger partial charge is 0.170 e. The maximum Gasteiger partial charge on any atom is 0.170 e. The normalized spacial score (nSPS) is 12.6. The van der Waals surface area contributed by atoms with Gasteiger partial charge in [0.1, 0.15) is 5.82 Å². The van der Waals surface area contributed by atoms with E-state index in [1.54, 1.807) is 18.9 Å². The van der Waals surface area contributed by atoms with Crippen LogP contribution in [-0.2, 0) is 11.2 Å². The molecule has 102 valence electrons. The zero-order valence-electron chi connectivity index (χ0n) is 10.8. The molecule has 0 aliphatic heterocycles. The number of methoxy groups -OCH3 is 1. The molecule has 1 aromatic heterocycles. The van der Waals surface area contributed by atoms with Crippen molar-refractivity contribution in [1.29, 1.82) is 0 Å². The van der Waals surface area contributed by atoms with Crippen LogP contribution in [0, 0.1) is 0 Å². The topological polar surface area (TPSA) is 35.0 Å². The highest BCUT2D eigenvalue weighted by Crippen LogP contribution is 2.35. The lowest BCUT2D eigenvalue weighted by molar-refractivity contribution is 0.200. The molecule has 0 aliphatic rings. The molecule has 1 unspecified atom stereocenters. The molecule has 0 radical (unpaired) electrons. The Hall–Kier alpha value is -0.620. The second-order valence-corrected chi connectivity index (χ2v) is 6.81. The third-order valence-electron chi connectivity index (χ3n) is 2.60. The van der Waals surface area contributed by atoms with Gasteiger partial charge in [0.2, 0.25) is 0 Å². The summed E-state index contributed by atoms with van der Waals surface area (Å²) in [7, 11) is 1.69. The molecule has 6 heteroatoms. The van der Waals surface area contributed by atoms with Crippen molar-refractivity contribution in [3.8, 4) is 0 Å². The molecule has 2 aromatic rings. The Labute approximate surface area is 126 Å². The van der Waals surface area contributed by atoms with Crippen molar-refractivity contribution in [3.63, 3.8) is 0 Å². The van der Waals surface area contributed by atoms with Gasteiger partial charge in [0.05, 0.1) is 6.61 Å². The highest BCUT2D eigenvalue weighted by Gasteiger charge is 2.11. The van der Waals surface area contributed by atoms with Gasteiger partial charge >= 0.3 is 0 Å². The van der Waals surface area contributed by atoms with Gasteiger partial charge in [-0.3, -0.25) is 0 Å². The molecule has 0 saturated carbocycles. The van der Waals surface area contributed by atoms with Crippen LogP contribution in [0.15, 0.2) is 28.6 Å². The number of hydrogen-bond acceptors (Lipinski definition) is 5. The maximum absolute atomic E-state index is 5.89. The lowest BCUT2D eigenvalue weighted by atomic mass is 10.2. The van der Waals surface area contributed by atoms with Crippen molar-refractivity contribution < 1.29 is 4.74 Å². The van der Waals surface area contributed by atoms with Gasteiger partial charge in [0, 0.05) is 23.8 Å². The predicted molar refractivity (Wildman–Crippen MR) is 81.2 cm³/mol. The fourth-order valence-corrected chi connectivity index (χ4v) is 3.59. The van der Waals surface area contributed by atoms with E-state index < -0.39 is 0 Å². The summed E-state index contributed by atoms with van der Waals surface area (Å²) in [5.74, 6) is 0.859. The van der Waals surface area contributed by atoms with Crippen LogP contribution in [0.2, 0.25) is 5.02 Å². The minimum absolute atomic E-state index is 0.334. The van der Waals surface area contributed by atoms with Gasteiger partial charge in [-0.2, -0.15) is 4.37 Å². The first-order valence-corrected chi connectivity index (χ1v) is 7.96. The molecule has 0 bridgehead atoms. The third kappa shape index (κ3) is 4.45. The number of halogens is 1. The lowest BCUT2D eigenvalue weighted by Crippen LogP contribution is -1.96. The number of ether oxygens (including phenoxy) is 1. The second kappa shape index (κ2) is 7.24. The summed E-state index contributed by atoms with van der Waals surface area (Å²) in [6.45, 7) is 2.82. The summed E-state index contributed by atoms with van der Waals surface area (Å²) in [5.41, 5.74) is 1.24. The van der Waals surface area contributed by atoms with Crippen LogP contribution in [0.4, 0.5) is 0 Å². The first-order valence-electron chi connectivity index (χ1n) is 5.92. The van der Waals surface area contributed by atoms with Crippen LogP contribution in [0.1, 0.15) is 23.6 Å². The highest BCUT2D eigenvalue weighted by molar-refractivity contribution is 8.01. The van der Waals surface area contributed by atoms with E-state index >= 15 is 0 Å². The Morgan fingerprint density at radius 1 is 1.37 bits per heavy atom. The van der Waals surface area contributed by atoms with Crippen LogP contribution >= 0.6 is 34.9 Å². The van der Waals surface area contributed by atoms with Gasteiger partial charge < -0.3 is 4.74 Å². The van der Waals surface area contributed by atoms with E-state index in [9.17, 15) is 0 Å². The van der Waals surface area contributed by atoms with Crippen LogP contribution in [-0.4, -0.2) is 23.1 Å². The predicted octanol–water partition coefficient (Wildman–Crippen LogP) is 4.23. The molecule has 1 aromatic carbocycles. The molecule has 1 heterocycles. The van der Waals surface area contributed by atoms with E-state index in [0.717, 1.165) is 21.6 Å². The minimum Gasteiger partial charge on any atom is -0.384 e. The largest absolute Gasteiger partial charge is 0.384 e. The summed E-state index contributed by atoms with van der Waals surface area (Å²) in [6, 6.07) is 7.93. The summed E-state index contributed by atoms with van der Waals surface area (Å²) in [6.07, 6.45) is 0.767. The Kier molecular flexibility index (Phi) is 5.63. The molecule has 0 saturated heterocycles. The van der Waals surface area contributed by atoms with Crippen molar-refractivity contribution in [1.82, 2.24) is 9.36 Å². The molecule has 1 atom stereocenters. The lowest BCUT2D eigenvalue weighted by Gasteiger charge is -2.08. The van der Waals surface area contributed by atoms with Gasteiger partial charge in [0.25, 0.3) is 0 Å². The molecule has 0 aliphatic carbocycles. The maximum atomic E-state index is 5.89. The second-order valence-electron chi connectivity index (χ2n) is 4.03. The molecule has 0 amide bonds. The quantitative estimate of drug-likeness (QED) is 0.747. The number of benzene rings is 1. The molecule has 19 heavy (non-hydrogen) atoms. The van der Waals surface area contributed by atoms with Crippen molar-refractivity contribution in [3.05, 3.63) is 40.7 Å². The van der Waals surface area contributed by atoms with Gasteiger partial charge in [-0.05, 0) is 36.2 Å². The number of rotatable bonds is 6. The summed E-state index contributed by atoms with van der Waals surface area (Å²) in [4.78, 5) is 4.50. The zero-order valence-corrected chi connectivity index (χ0v) is 13.2. The Morgan fingerprint density at radius 3 is 2.79 bits per heavy atom. The first-order chi connectivity index (χ1) is 9.19. The van der Waals surface area contributed by atoms with E-state index in [2.05, 4.69) is 16.3 Å². The van der Waals surface area contributed by atoms with Gasteiger partial charge in [-0.15, -0.1) is 0 Å². The van der Waals surface area contributed by atoms with Crippen LogP contribution in [0.5, 0.6) is 0 Å². The van der Waals surface area contributed by atoms with Crippen molar-refractivity contribution >= 4 is 34.9 Å². The summed E-state index contributed by atoms with van der Waals surface area (Å²) < 4.78 is 10.3. The number of nitrogens with zero attached hydrogens (tertiary/aromatic N) is 2. The Bertz CT molecular complexity index is 516. The fraction of sp³-hybridized carbons (Fsp3) is 0.385. The van der Waals surface area contributed by atoms with Crippen molar-refractivity contribution in [2.45, 2.75) is 22.9 Å². The number of aromatic nitrogens is 2. The fourth-order valence-electron chi connectivity index (χ4n) is 1.53. The molecule has 0 spiro atoms. The number of hydrogen-bond donors (Lipinski definition) is 0. The van der Waals surface area contributed by atoms with Crippen LogP contribution < -0.4 is 0 Å². The highest BCUT2D eigenvalue weighted by atomic mass is 35.5. The SMILES string of the molecule is COCCc1nsc(SC(C)c2ccc(Cl)cc2)n1. The minimum atomic E-state index is 0.334. The molecule has 2 rings (SSSR count). The van der Waals surface area contributed by atoms with E-state index in [0.29, 0.717) is 11.9 Å². The van der Waals surface area contributed by atoms with E-state index in [1.165, 1.54) is 17.1 Å². The first kappa shape index (κ1) is 14.8. The van der Waals surface area contributed by atoms with E-state index in [1.807, 2.05) is 24.3 Å². The van der Waals surface area contributed by atoms with Crippen molar-refractivity contribution in [2.24, 2.45) is 0 Å².